The van der Waals surface area contributed by atoms with Gasteiger partial charge in [-0.05, 0) is 52.1 Å². The molecule has 0 amide bonds. The Morgan fingerprint density at radius 3 is 2.17 bits per heavy atom. The minimum Gasteiger partial charge on any atom is -0.453 e. The fourth-order valence-corrected chi connectivity index (χ4v) is 8.64. The molecule has 0 aliphatic carbocycles. The second-order valence-electron chi connectivity index (χ2n) is 13.9. The molecule has 5 heterocycles. The Labute approximate surface area is 266 Å². The van der Waals surface area contributed by atoms with Gasteiger partial charge in [0.15, 0.2) is 11.5 Å². The molecule has 216 valence electrons. The highest BCUT2D eigenvalue weighted by Gasteiger charge is 2.46. The molecule has 46 heavy (non-hydrogen) atoms. The Morgan fingerprint density at radius 1 is 0.609 bits per heavy atom. The van der Waals surface area contributed by atoms with Crippen LogP contribution in [-0.4, -0.2) is 16.3 Å². The topological polar surface area (TPSA) is 30.3 Å². The van der Waals surface area contributed by atoms with Gasteiger partial charge in [-0.15, -0.1) is 0 Å². The number of aromatic nitrogens is 2. The predicted molar refractivity (Wildman–Crippen MR) is 192 cm³/mol. The molecule has 11 rings (SSSR count). The van der Waals surface area contributed by atoms with Crippen LogP contribution in [0, 0.1) is 0 Å². The minimum atomic E-state index is -0.138. The van der Waals surface area contributed by atoms with E-state index in [1.165, 1.54) is 65.7 Å². The van der Waals surface area contributed by atoms with E-state index in [9.17, 15) is 0 Å². The number of anilines is 3. The second kappa shape index (κ2) is 8.18. The molecule has 6 aromatic carbocycles. The first-order valence-electron chi connectivity index (χ1n) is 16.1. The van der Waals surface area contributed by atoms with Crippen molar-refractivity contribution in [2.24, 2.45) is 0 Å². The molecule has 2 aromatic heterocycles. The lowest BCUT2D eigenvalue weighted by Crippen LogP contribution is -2.60. The molecule has 3 aliphatic heterocycles. The number of para-hydroxylation sites is 5. The monoisotopic (exact) mass is 589 g/mol. The van der Waals surface area contributed by atoms with Crippen molar-refractivity contribution >= 4 is 83.6 Å². The summed E-state index contributed by atoms with van der Waals surface area (Å²) in [6.07, 6.45) is 0. The first-order valence-corrected chi connectivity index (χ1v) is 16.1. The summed E-state index contributed by atoms with van der Waals surface area (Å²) in [5.74, 6) is 1.77. The van der Waals surface area contributed by atoms with Crippen LogP contribution < -0.4 is 26.0 Å². The first-order chi connectivity index (χ1) is 22.5. The van der Waals surface area contributed by atoms with Gasteiger partial charge in [-0.25, -0.2) is 4.98 Å². The Bertz CT molecular complexity index is 2680. The van der Waals surface area contributed by atoms with Gasteiger partial charge in [0, 0.05) is 38.2 Å². The third-order valence-electron chi connectivity index (χ3n) is 10.4. The van der Waals surface area contributed by atoms with Gasteiger partial charge in [0.2, 0.25) is 0 Å². The quantitative estimate of drug-likeness (QED) is 0.131. The van der Waals surface area contributed by atoms with Gasteiger partial charge in [-0.3, -0.25) is 0 Å². The van der Waals surface area contributed by atoms with E-state index >= 15 is 0 Å². The van der Waals surface area contributed by atoms with Crippen molar-refractivity contribution in [2.45, 2.75) is 26.2 Å². The maximum absolute atomic E-state index is 6.62. The average Bonchev–Trinajstić information content (AvgIpc) is 3.41. The van der Waals surface area contributed by atoms with Gasteiger partial charge < -0.3 is 14.2 Å². The highest BCUT2D eigenvalue weighted by molar-refractivity contribution is 7.00. The zero-order chi connectivity index (χ0) is 30.5. The smallest absolute Gasteiger partial charge is 0.252 e. The van der Waals surface area contributed by atoms with E-state index in [0.717, 1.165) is 34.1 Å². The van der Waals surface area contributed by atoms with Crippen molar-refractivity contribution in [1.29, 1.82) is 0 Å². The van der Waals surface area contributed by atoms with Gasteiger partial charge in [-0.1, -0.05) is 106 Å². The minimum absolute atomic E-state index is 0.0290. The lowest BCUT2D eigenvalue weighted by molar-refractivity contribution is 0.477. The molecule has 0 bridgehead atoms. The Morgan fingerprint density at radius 2 is 1.30 bits per heavy atom. The molecule has 0 saturated heterocycles. The average molecular weight is 590 g/mol. The molecule has 0 atom stereocenters. The lowest BCUT2D eigenvalue weighted by atomic mass is 9.33. The fourth-order valence-electron chi connectivity index (χ4n) is 8.64. The van der Waals surface area contributed by atoms with Crippen LogP contribution in [0.4, 0.5) is 17.1 Å². The van der Waals surface area contributed by atoms with E-state index < -0.39 is 0 Å². The fraction of sp³-hybridized carbons (Fsp3) is 0.0976. The van der Waals surface area contributed by atoms with E-state index in [0.29, 0.717) is 0 Å². The lowest BCUT2D eigenvalue weighted by Gasteiger charge is -2.43. The highest BCUT2D eigenvalue weighted by Crippen LogP contribution is 2.53. The van der Waals surface area contributed by atoms with Crippen LogP contribution in [0.15, 0.2) is 115 Å². The Hall–Kier alpha value is -5.55. The van der Waals surface area contributed by atoms with Gasteiger partial charge >= 0.3 is 0 Å². The first kappa shape index (κ1) is 24.7. The number of rotatable bonds is 0. The van der Waals surface area contributed by atoms with E-state index in [1.54, 1.807) is 0 Å². The van der Waals surface area contributed by atoms with E-state index in [4.69, 9.17) is 9.72 Å². The molecule has 8 aromatic rings. The summed E-state index contributed by atoms with van der Waals surface area (Å²) in [7, 11) is 0. The number of hydrogen-bond acceptors (Lipinski definition) is 3. The molecule has 0 N–H and O–H groups in total. The van der Waals surface area contributed by atoms with Crippen LogP contribution in [-0.2, 0) is 5.41 Å². The third-order valence-corrected chi connectivity index (χ3v) is 10.4. The van der Waals surface area contributed by atoms with Crippen molar-refractivity contribution < 1.29 is 4.74 Å². The summed E-state index contributed by atoms with van der Waals surface area (Å²) < 4.78 is 9.16. The summed E-state index contributed by atoms with van der Waals surface area (Å²) in [6.45, 7) is 6.87. The molecule has 3 aliphatic rings. The largest absolute Gasteiger partial charge is 0.453 e. The molecule has 0 spiro atoms. The Kier molecular flexibility index (Phi) is 4.40. The van der Waals surface area contributed by atoms with Crippen molar-refractivity contribution in [3.63, 3.8) is 0 Å². The van der Waals surface area contributed by atoms with Crippen LogP contribution >= 0.6 is 0 Å². The normalized spacial score (nSPS) is 14.1. The summed E-state index contributed by atoms with van der Waals surface area (Å²) in [6, 6.07) is 42.0. The molecule has 4 nitrogen and oxygen atoms in total. The molecular weight excluding hydrogens is 561 g/mol. The van der Waals surface area contributed by atoms with Crippen molar-refractivity contribution in [3.05, 3.63) is 121 Å². The number of pyridine rings is 1. The van der Waals surface area contributed by atoms with Crippen LogP contribution in [0.25, 0.3) is 49.2 Å². The zero-order valence-corrected chi connectivity index (χ0v) is 25.8. The van der Waals surface area contributed by atoms with Crippen LogP contribution in [0.5, 0.6) is 11.5 Å². The van der Waals surface area contributed by atoms with Crippen molar-refractivity contribution in [3.8, 4) is 17.2 Å². The summed E-state index contributed by atoms with van der Waals surface area (Å²) in [5.41, 5.74) is 13.0. The van der Waals surface area contributed by atoms with E-state index in [2.05, 4.69) is 145 Å². The van der Waals surface area contributed by atoms with Crippen molar-refractivity contribution in [1.82, 2.24) is 9.55 Å². The Balaban J connectivity index is 1.44. The van der Waals surface area contributed by atoms with E-state index in [-0.39, 0.29) is 12.1 Å². The maximum atomic E-state index is 6.62. The number of nitrogens with zero attached hydrogens (tertiary/aromatic N) is 3. The van der Waals surface area contributed by atoms with Crippen LogP contribution in [0.1, 0.15) is 26.5 Å². The van der Waals surface area contributed by atoms with Gasteiger partial charge in [-0.2, -0.15) is 0 Å². The molecule has 0 saturated carbocycles. The molecule has 0 unspecified atom stereocenters. The van der Waals surface area contributed by atoms with Gasteiger partial charge in [0.05, 0.1) is 33.8 Å². The van der Waals surface area contributed by atoms with E-state index in [1.807, 2.05) is 0 Å². The number of ether oxygens (including phenoxy) is 1. The third kappa shape index (κ3) is 2.86. The molecule has 0 fully saturated rings. The van der Waals surface area contributed by atoms with Gasteiger partial charge in [0.25, 0.3) is 6.71 Å². The van der Waals surface area contributed by atoms with Gasteiger partial charge in [0.1, 0.15) is 0 Å². The number of hydrogen-bond donors (Lipinski definition) is 0. The van der Waals surface area contributed by atoms with Crippen LogP contribution in [0.3, 0.4) is 0 Å². The zero-order valence-electron chi connectivity index (χ0n) is 25.8. The summed E-state index contributed by atoms with van der Waals surface area (Å²) in [5, 5.41) is 6.17. The SMILES string of the molecule is CC(C)(C)c1nc2c3c4c(cc2c2ccccc12)N1c2ccccc2Oc2cccc(c21)B4c1cccc2c4ccccc4n-3c12. The standard InChI is InChI=1S/C41H28BN3O/c1-41(2,3)40-26-14-5-4-12-23(26)27-22-32-35-39(36(27)43-40)45-30-18-7-6-13-24(30)25-15-10-16-28(37(25)45)42(35)29-17-11-21-34-38(29)44(32)31-19-8-9-20-33(31)46-34/h4-22H,1-3H3. The van der Waals surface area contributed by atoms with Crippen molar-refractivity contribution in [2.75, 3.05) is 4.90 Å². The molecule has 0 radical (unpaired) electrons. The maximum Gasteiger partial charge on any atom is 0.252 e. The molecular formula is C41H28BN3O. The number of benzene rings is 6. The summed E-state index contributed by atoms with van der Waals surface area (Å²) >= 11 is 0. The number of fused-ring (bicyclic) bond motifs is 13. The molecule has 5 heteroatoms. The summed E-state index contributed by atoms with van der Waals surface area (Å²) in [4.78, 5) is 8.15. The highest BCUT2D eigenvalue weighted by atomic mass is 16.5. The predicted octanol–water partition coefficient (Wildman–Crippen LogP) is 8.50. The van der Waals surface area contributed by atoms with Crippen LogP contribution in [0.2, 0.25) is 0 Å². The second-order valence-corrected chi connectivity index (χ2v) is 13.9.